The summed E-state index contributed by atoms with van der Waals surface area (Å²) < 4.78 is 0. The van der Waals surface area contributed by atoms with Crippen molar-refractivity contribution in [3.63, 3.8) is 0 Å². The molecule has 0 atom stereocenters. The molecular formula is C26H16O2. The maximum Gasteiger partial charge on any atom is 0.194 e. The molecule has 0 radical (unpaired) electrons. The predicted molar refractivity (Wildman–Crippen MR) is 112 cm³/mol. The van der Waals surface area contributed by atoms with E-state index in [2.05, 4.69) is 0 Å². The van der Waals surface area contributed by atoms with Crippen molar-refractivity contribution >= 4 is 33.5 Å². The van der Waals surface area contributed by atoms with Crippen LogP contribution in [0.4, 0.5) is 0 Å². The van der Waals surface area contributed by atoms with Crippen LogP contribution in [0.15, 0.2) is 97.1 Å². The standard InChI is InChI=1S/C26H16O2/c27-25(18-9-3-1-4-10-18)23-20-15-7-13-17-14-8-16-21(22(17)20)24(23)26(28)19-11-5-2-6-12-19/h1-16H. The minimum Gasteiger partial charge on any atom is -0.289 e. The van der Waals surface area contributed by atoms with Crippen molar-refractivity contribution in [2.24, 2.45) is 0 Å². The molecule has 0 saturated heterocycles. The number of rotatable bonds is 4. The van der Waals surface area contributed by atoms with E-state index in [1.165, 1.54) is 0 Å². The van der Waals surface area contributed by atoms with Gasteiger partial charge in [-0.2, -0.15) is 0 Å². The van der Waals surface area contributed by atoms with Gasteiger partial charge in [-0.1, -0.05) is 97.1 Å². The molecule has 0 N–H and O–H groups in total. The zero-order valence-corrected chi connectivity index (χ0v) is 15.1. The Morgan fingerprint density at radius 2 is 0.893 bits per heavy atom. The van der Waals surface area contributed by atoms with Gasteiger partial charge in [-0.3, -0.25) is 9.59 Å². The molecule has 0 saturated carbocycles. The molecule has 0 heterocycles. The summed E-state index contributed by atoms with van der Waals surface area (Å²) in [7, 11) is 0. The zero-order chi connectivity index (χ0) is 19.1. The average Bonchev–Trinajstić information content (AvgIpc) is 3.10. The van der Waals surface area contributed by atoms with Gasteiger partial charge in [0.05, 0.1) is 0 Å². The molecule has 0 bridgehead atoms. The summed E-state index contributed by atoms with van der Waals surface area (Å²) in [6, 6.07) is 30.1. The van der Waals surface area contributed by atoms with E-state index < -0.39 is 0 Å². The maximum absolute atomic E-state index is 13.5. The minimum atomic E-state index is -0.122. The van der Waals surface area contributed by atoms with Gasteiger partial charge in [0.2, 0.25) is 0 Å². The Kier molecular flexibility index (Phi) is 3.77. The van der Waals surface area contributed by atoms with Gasteiger partial charge in [-0.05, 0) is 21.9 Å². The fourth-order valence-electron chi connectivity index (χ4n) is 3.97. The van der Waals surface area contributed by atoms with Crippen LogP contribution in [0.2, 0.25) is 0 Å². The minimum absolute atomic E-state index is 0.122. The van der Waals surface area contributed by atoms with Gasteiger partial charge in [-0.15, -0.1) is 0 Å². The Morgan fingerprint density at radius 3 is 1.32 bits per heavy atom. The molecule has 1 aliphatic carbocycles. The van der Waals surface area contributed by atoms with E-state index in [-0.39, 0.29) is 11.6 Å². The molecule has 4 aromatic rings. The van der Waals surface area contributed by atoms with E-state index in [1.807, 2.05) is 72.8 Å². The lowest BCUT2D eigenvalue weighted by Crippen LogP contribution is -2.08. The third-order valence-electron chi connectivity index (χ3n) is 5.22. The Balaban J connectivity index is 1.81. The van der Waals surface area contributed by atoms with Gasteiger partial charge in [0.25, 0.3) is 0 Å². The first-order valence-corrected chi connectivity index (χ1v) is 9.22. The van der Waals surface area contributed by atoms with Crippen LogP contribution in [0.1, 0.15) is 31.8 Å². The number of allylic oxidation sites excluding steroid dienone is 2. The summed E-state index contributed by atoms with van der Waals surface area (Å²) in [4.78, 5) is 27.0. The lowest BCUT2D eigenvalue weighted by molar-refractivity contribution is 0.103. The van der Waals surface area contributed by atoms with Crippen molar-refractivity contribution in [3.8, 4) is 0 Å². The molecule has 0 unspecified atom stereocenters. The number of benzene rings is 4. The highest BCUT2D eigenvalue weighted by Crippen LogP contribution is 2.44. The number of hydrogen-bond acceptors (Lipinski definition) is 2. The van der Waals surface area contributed by atoms with Crippen LogP contribution in [0.5, 0.6) is 0 Å². The molecule has 1 aliphatic rings. The summed E-state index contributed by atoms with van der Waals surface area (Å²) in [5.74, 6) is -0.243. The molecular weight excluding hydrogens is 344 g/mol. The van der Waals surface area contributed by atoms with Gasteiger partial charge in [-0.25, -0.2) is 0 Å². The second-order valence-electron chi connectivity index (χ2n) is 6.85. The van der Waals surface area contributed by atoms with Crippen LogP contribution in [0.25, 0.3) is 21.9 Å². The second-order valence-corrected chi connectivity index (χ2v) is 6.85. The number of carbonyl (C=O) groups excluding carboxylic acids is 2. The van der Waals surface area contributed by atoms with Gasteiger partial charge in [0.15, 0.2) is 11.6 Å². The second kappa shape index (κ2) is 6.43. The van der Waals surface area contributed by atoms with Crippen LogP contribution < -0.4 is 0 Å². The number of Topliss-reactive ketones (excluding diaryl/α,β-unsaturated/α-hetero) is 2. The largest absolute Gasteiger partial charge is 0.289 e. The van der Waals surface area contributed by atoms with Crippen LogP contribution in [-0.2, 0) is 0 Å². The van der Waals surface area contributed by atoms with E-state index in [1.54, 1.807) is 24.3 Å². The highest BCUT2D eigenvalue weighted by Gasteiger charge is 2.32. The topological polar surface area (TPSA) is 34.1 Å². The Bertz CT molecular complexity index is 1170. The quantitative estimate of drug-likeness (QED) is 0.429. The molecule has 5 rings (SSSR count). The predicted octanol–water partition coefficient (Wildman–Crippen LogP) is 5.83. The van der Waals surface area contributed by atoms with E-state index in [4.69, 9.17) is 0 Å². The highest BCUT2D eigenvalue weighted by molar-refractivity contribution is 6.51. The number of hydrogen-bond donors (Lipinski definition) is 0. The molecule has 0 fully saturated rings. The van der Waals surface area contributed by atoms with Crippen molar-refractivity contribution in [2.75, 3.05) is 0 Å². The average molecular weight is 360 g/mol. The van der Waals surface area contributed by atoms with Crippen molar-refractivity contribution in [2.45, 2.75) is 0 Å². The van der Waals surface area contributed by atoms with E-state index in [0.29, 0.717) is 22.3 Å². The smallest absolute Gasteiger partial charge is 0.194 e. The van der Waals surface area contributed by atoms with Crippen LogP contribution >= 0.6 is 0 Å². The SMILES string of the molecule is O=C(C1=C(C(=O)c2ccccc2)c2cccc3cccc1c23)c1ccccc1. The molecule has 2 nitrogen and oxygen atoms in total. The molecule has 0 aromatic heterocycles. The lowest BCUT2D eigenvalue weighted by Gasteiger charge is -2.09. The molecule has 0 spiro atoms. The normalized spacial score (nSPS) is 12.4. The fourth-order valence-corrected chi connectivity index (χ4v) is 3.97. The summed E-state index contributed by atoms with van der Waals surface area (Å²) >= 11 is 0. The summed E-state index contributed by atoms with van der Waals surface area (Å²) in [5.41, 5.74) is 3.82. The molecule has 0 amide bonds. The van der Waals surface area contributed by atoms with Crippen molar-refractivity contribution in [1.82, 2.24) is 0 Å². The van der Waals surface area contributed by atoms with Crippen LogP contribution in [0, 0.1) is 0 Å². The van der Waals surface area contributed by atoms with E-state index in [9.17, 15) is 9.59 Å². The fraction of sp³-hybridized carbons (Fsp3) is 0. The Morgan fingerprint density at radius 1 is 0.464 bits per heavy atom. The van der Waals surface area contributed by atoms with Crippen molar-refractivity contribution in [3.05, 3.63) is 119 Å². The van der Waals surface area contributed by atoms with Gasteiger partial charge in [0, 0.05) is 22.3 Å². The van der Waals surface area contributed by atoms with Crippen LogP contribution in [-0.4, -0.2) is 11.6 Å². The summed E-state index contributed by atoms with van der Waals surface area (Å²) in [6.45, 7) is 0. The molecule has 0 aliphatic heterocycles. The molecule has 132 valence electrons. The van der Waals surface area contributed by atoms with Gasteiger partial charge < -0.3 is 0 Å². The Hall–Kier alpha value is -3.78. The van der Waals surface area contributed by atoms with Crippen molar-refractivity contribution in [1.29, 1.82) is 0 Å². The Labute approximate surface area is 162 Å². The zero-order valence-electron chi connectivity index (χ0n) is 15.1. The van der Waals surface area contributed by atoms with Gasteiger partial charge in [0.1, 0.15) is 0 Å². The maximum atomic E-state index is 13.5. The van der Waals surface area contributed by atoms with E-state index in [0.717, 1.165) is 21.9 Å². The monoisotopic (exact) mass is 360 g/mol. The van der Waals surface area contributed by atoms with E-state index >= 15 is 0 Å². The molecule has 28 heavy (non-hydrogen) atoms. The van der Waals surface area contributed by atoms with Crippen LogP contribution in [0.3, 0.4) is 0 Å². The highest BCUT2D eigenvalue weighted by atomic mass is 16.1. The third kappa shape index (κ3) is 2.43. The summed E-state index contributed by atoms with van der Waals surface area (Å²) in [5, 5.41) is 2.01. The summed E-state index contributed by atoms with van der Waals surface area (Å²) in [6.07, 6.45) is 0. The lowest BCUT2D eigenvalue weighted by atomic mass is 9.91. The number of carbonyl (C=O) groups is 2. The molecule has 4 aromatic carbocycles. The molecule has 2 heteroatoms. The third-order valence-corrected chi connectivity index (χ3v) is 5.22. The van der Waals surface area contributed by atoms with Gasteiger partial charge >= 0.3 is 0 Å². The first-order chi connectivity index (χ1) is 13.8. The number of ketones is 2. The first kappa shape index (κ1) is 16.4. The first-order valence-electron chi connectivity index (χ1n) is 9.22. The van der Waals surface area contributed by atoms with Crippen molar-refractivity contribution < 1.29 is 9.59 Å².